The van der Waals surface area contributed by atoms with Gasteiger partial charge in [-0.15, -0.1) is 0 Å². The second-order valence-corrected chi connectivity index (χ2v) is 8.62. The van der Waals surface area contributed by atoms with E-state index in [9.17, 15) is 23.3 Å². The van der Waals surface area contributed by atoms with Gasteiger partial charge in [-0.3, -0.25) is 14.9 Å². The molecule has 1 amide bonds. The van der Waals surface area contributed by atoms with Crippen molar-refractivity contribution in [3.05, 3.63) is 28.3 Å². The fourth-order valence-electron chi connectivity index (χ4n) is 2.86. The van der Waals surface area contributed by atoms with Crippen molar-refractivity contribution in [2.75, 3.05) is 31.2 Å². The van der Waals surface area contributed by atoms with Gasteiger partial charge in [0.25, 0.3) is 5.69 Å². The molecular weight excluding hydrogens is 360 g/mol. The molecule has 0 aromatic heterocycles. The van der Waals surface area contributed by atoms with E-state index in [1.54, 1.807) is 0 Å². The van der Waals surface area contributed by atoms with Crippen LogP contribution in [-0.4, -0.2) is 50.7 Å². The SMILES string of the molecule is CC1(C(=O)NCCNc2ccc(S(C)(=O)=O)cc2[N+](=O)[O-])CCCCN1. The highest BCUT2D eigenvalue weighted by Gasteiger charge is 2.33. The number of nitrogens with zero attached hydrogens (tertiary/aromatic N) is 1. The zero-order valence-corrected chi connectivity index (χ0v) is 15.7. The van der Waals surface area contributed by atoms with E-state index >= 15 is 0 Å². The van der Waals surface area contributed by atoms with Crippen LogP contribution in [0.5, 0.6) is 0 Å². The van der Waals surface area contributed by atoms with Crippen molar-refractivity contribution in [1.82, 2.24) is 10.6 Å². The molecule has 1 aliphatic heterocycles. The molecule has 0 bridgehead atoms. The van der Waals surface area contributed by atoms with Crippen LogP contribution in [0.25, 0.3) is 0 Å². The van der Waals surface area contributed by atoms with Gasteiger partial charge >= 0.3 is 0 Å². The average molecular weight is 384 g/mol. The zero-order valence-electron chi connectivity index (χ0n) is 14.9. The van der Waals surface area contributed by atoms with Crippen LogP contribution < -0.4 is 16.0 Å². The third-order valence-corrected chi connectivity index (χ3v) is 5.55. The molecule has 1 saturated heterocycles. The van der Waals surface area contributed by atoms with Crippen molar-refractivity contribution in [2.24, 2.45) is 0 Å². The molecule has 1 heterocycles. The smallest absolute Gasteiger partial charge is 0.293 e. The van der Waals surface area contributed by atoms with Crippen molar-refractivity contribution in [2.45, 2.75) is 36.6 Å². The maximum Gasteiger partial charge on any atom is 0.293 e. The fourth-order valence-corrected chi connectivity index (χ4v) is 3.50. The van der Waals surface area contributed by atoms with E-state index in [2.05, 4.69) is 16.0 Å². The third-order valence-electron chi connectivity index (χ3n) is 4.44. The number of hydrogen-bond acceptors (Lipinski definition) is 7. The van der Waals surface area contributed by atoms with Crippen LogP contribution in [0, 0.1) is 10.1 Å². The average Bonchev–Trinajstić information content (AvgIpc) is 2.58. The summed E-state index contributed by atoms with van der Waals surface area (Å²) in [5.41, 5.74) is -0.694. The first-order valence-electron chi connectivity index (χ1n) is 8.39. The first kappa shape index (κ1) is 20.1. The lowest BCUT2D eigenvalue weighted by molar-refractivity contribution is -0.384. The molecule has 0 radical (unpaired) electrons. The van der Waals surface area contributed by atoms with Crippen molar-refractivity contribution >= 4 is 27.1 Å². The van der Waals surface area contributed by atoms with Crippen molar-refractivity contribution < 1.29 is 18.1 Å². The second kappa shape index (κ2) is 8.00. The van der Waals surface area contributed by atoms with Gasteiger partial charge in [0.05, 0.1) is 15.4 Å². The number of nitro benzene ring substituents is 1. The molecule has 0 aliphatic carbocycles. The Bertz CT molecular complexity index is 788. The van der Waals surface area contributed by atoms with Gasteiger partial charge in [-0.05, 0) is 44.9 Å². The molecule has 2 rings (SSSR count). The quantitative estimate of drug-likeness (QED) is 0.364. The molecule has 1 aliphatic rings. The number of rotatable bonds is 7. The summed E-state index contributed by atoms with van der Waals surface area (Å²) in [6.45, 7) is 3.24. The number of benzene rings is 1. The molecule has 1 aromatic rings. The molecule has 1 fully saturated rings. The summed E-state index contributed by atoms with van der Waals surface area (Å²) < 4.78 is 23.1. The van der Waals surface area contributed by atoms with Crippen LogP contribution in [0.15, 0.2) is 23.1 Å². The molecule has 0 saturated carbocycles. The number of nitro groups is 1. The predicted octanol–water partition coefficient (Wildman–Crippen LogP) is 1.06. The topological polar surface area (TPSA) is 130 Å². The maximum absolute atomic E-state index is 12.3. The first-order valence-corrected chi connectivity index (χ1v) is 10.3. The highest BCUT2D eigenvalue weighted by atomic mass is 32.2. The van der Waals surface area contributed by atoms with Crippen LogP contribution >= 0.6 is 0 Å². The first-order chi connectivity index (χ1) is 12.1. The molecule has 0 spiro atoms. The van der Waals surface area contributed by atoms with Gasteiger partial charge in [-0.25, -0.2) is 8.42 Å². The summed E-state index contributed by atoms with van der Waals surface area (Å²) in [5.74, 6) is -0.0964. The Kier molecular flexibility index (Phi) is 6.19. The third kappa shape index (κ3) is 4.92. The molecule has 9 nitrogen and oxygen atoms in total. The van der Waals surface area contributed by atoms with Crippen LogP contribution in [0.2, 0.25) is 0 Å². The van der Waals surface area contributed by atoms with Gasteiger partial charge in [0.1, 0.15) is 5.69 Å². The van der Waals surface area contributed by atoms with Crippen molar-refractivity contribution in [3.63, 3.8) is 0 Å². The number of nitrogens with one attached hydrogen (secondary N) is 3. The molecule has 1 aromatic carbocycles. The van der Waals surface area contributed by atoms with E-state index in [1.165, 1.54) is 12.1 Å². The number of sulfone groups is 1. The lowest BCUT2D eigenvalue weighted by atomic mass is 9.90. The molecule has 3 N–H and O–H groups in total. The van der Waals surface area contributed by atoms with Gasteiger partial charge in [0.15, 0.2) is 9.84 Å². The largest absolute Gasteiger partial charge is 0.378 e. The van der Waals surface area contributed by atoms with E-state index in [4.69, 9.17) is 0 Å². The second-order valence-electron chi connectivity index (χ2n) is 6.61. The fraction of sp³-hybridized carbons (Fsp3) is 0.562. The van der Waals surface area contributed by atoms with Crippen molar-refractivity contribution in [1.29, 1.82) is 0 Å². The number of carbonyl (C=O) groups excluding carboxylic acids is 1. The molecular formula is C16H24N4O5S. The Morgan fingerprint density at radius 2 is 2.08 bits per heavy atom. The minimum Gasteiger partial charge on any atom is -0.378 e. The van der Waals surface area contributed by atoms with Gasteiger partial charge in [0.2, 0.25) is 5.91 Å². The summed E-state index contributed by atoms with van der Waals surface area (Å²) in [6, 6.07) is 3.71. The molecule has 10 heteroatoms. The Morgan fingerprint density at radius 1 is 1.35 bits per heavy atom. The Balaban J connectivity index is 1.95. The van der Waals surface area contributed by atoms with E-state index in [-0.39, 0.29) is 28.7 Å². The standard InChI is InChI=1S/C16H24N4O5S/c1-16(7-3-4-8-19-16)15(21)18-10-9-17-13-6-5-12(26(2,24)25)11-14(13)20(22)23/h5-6,11,17,19H,3-4,7-10H2,1-2H3,(H,18,21). The molecule has 1 unspecified atom stereocenters. The van der Waals surface area contributed by atoms with E-state index in [1.807, 2.05) is 6.92 Å². The highest BCUT2D eigenvalue weighted by molar-refractivity contribution is 7.90. The number of carbonyl (C=O) groups is 1. The number of anilines is 1. The monoisotopic (exact) mass is 384 g/mol. The lowest BCUT2D eigenvalue weighted by Gasteiger charge is -2.33. The maximum atomic E-state index is 12.3. The Morgan fingerprint density at radius 3 is 2.65 bits per heavy atom. The number of amides is 1. The van der Waals surface area contributed by atoms with Crippen LogP contribution in [0.4, 0.5) is 11.4 Å². The Hall–Kier alpha value is -2.20. The van der Waals surface area contributed by atoms with Crippen molar-refractivity contribution in [3.8, 4) is 0 Å². The van der Waals surface area contributed by atoms with E-state index < -0.39 is 20.3 Å². The van der Waals surface area contributed by atoms with Gasteiger partial charge in [-0.2, -0.15) is 0 Å². The van der Waals surface area contributed by atoms with Gasteiger partial charge < -0.3 is 16.0 Å². The van der Waals surface area contributed by atoms with E-state index in [0.29, 0.717) is 6.54 Å². The minimum absolute atomic E-state index is 0.0964. The number of piperidine rings is 1. The van der Waals surface area contributed by atoms with Crippen LogP contribution in [0.1, 0.15) is 26.2 Å². The summed E-state index contributed by atoms with van der Waals surface area (Å²) in [5, 5.41) is 20.1. The molecule has 144 valence electrons. The van der Waals surface area contributed by atoms with Crippen LogP contribution in [0.3, 0.4) is 0 Å². The summed E-state index contributed by atoms with van der Waals surface area (Å²) in [6.07, 6.45) is 3.81. The summed E-state index contributed by atoms with van der Waals surface area (Å²) >= 11 is 0. The van der Waals surface area contributed by atoms with E-state index in [0.717, 1.165) is 38.1 Å². The normalized spacial score (nSPS) is 20.4. The zero-order chi connectivity index (χ0) is 19.4. The molecule has 26 heavy (non-hydrogen) atoms. The Labute approximate surface area is 152 Å². The van der Waals surface area contributed by atoms with Crippen LogP contribution in [-0.2, 0) is 14.6 Å². The van der Waals surface area contributed by atoms with Gasteiger partial charge in [-0.1, -0.05) is 0 Å². The predicted molar refractivity (Wildman–Crippen MR) is 98.0 cm³/mol. The lowest BCUT2D eigenvalue weighted by Crippen LogP contribution is -2.57. The van der Waals surface area contributed by atoms with Gasteiger partial charge in [0, 0.05) is 25.4 Å². The highest BCUT2D eigenvalue weighted by Crippen LogP contribution is 2.27. The summed E-state index contributed by atoms with van der Waals surface area (Å²) in [7, 11) is -3.53. The number of hydrogen-bond donors (Lipinski definition) is 3. The summed E-state index contributed by atoms with van der Waals surface area (Å²) in [4.78, 5) is 22.7. The molecule has 1 atom stereocenters. The minimum atomic E-state index is -3.53.